The van der Waals surface area contributed by atoms with E-state index >= 15 is 0 Å². The molecule has 8 heteroatoms. The van der Waals surface area contributed by atoms with Gasteiger partial charge in [0.1, 0.15) is 11.6 Å². The molecule has 1 N–H and O–H groups in total. The molecular formula is C24H21FN2O5. The Morgan fingerprint density at radius 3 is 2.41 bits per heavy atom. The number of methoxy groups -OCH3 is 2. The molecule has 0 aliphatic rings. The average molecular weight is 436 g/mol. The van der Waals surface area contributed by atoms with Crippen molar-refractivity contribution in [1.29, 1.82) is 0 Å². The number of nitrogens with one attached hydrogen (secondary N) is 1. The van der Waals surface area contributed by atoms with Gasteiger partial charge in [-0.25, -0.2) is 14.6 Å². The van der Waals surface area contributed by atoms with Crippen molar-refractivity contribution < 1.29 is 28.2 Å². The van der Waals surface area contributed by atoms with Crippen LogP contribution in [0, 0.1) is 5.82 Å². The second kappa shape index (κ2) is 10.7. The van der Waals surface area contributed by atoms with Gasteiger partial charge in [0.15, 0.2) is 11.5 Å². The Bertz CT molecular complexity index is 1130. The topological polar surface area (TPSA) is 86.2 Å². The minimum atomic E-state index is -0.659. The van der Waals surface area contributed by atoms with Crippen LogP contribution in [0.3, 0.4) is 0 Å². The van der Waals surface area contributed by atoms with Crippen LogP contribution in [0.1, 0.15) is 21.5 Å². The van der Waals surface area contributed by atoms with Crippen molar-refractivity contribution in [3.8, 4) is 17.2 Å². The van der Waals surface area contributed by atoms with Gasteiger partial charge in [0.25, 0.3) is 0 Å². The number of carbonyl (C=O) groups excluding carboxylic acids is 2. The molecule has 0 heterocycles. The van der Waals surface area contributed by atoms with Crippen molar-refractivity contribution in [1.82, 2.24) is 5.43 Å². The molecule has 0 spiro atoms. The minimum absolute atomic E-state index is 0.118. The molecule has 0 saturated heterocycles. The molecule has 0 fully saturated rings. The average Bonchev–Trinajstić information content (AvgIpc) is 2.80. The van der Waals surface area contributed by atoms with E-state index in [-0.39, 0.29) is 17.9 Å². The molecule has 0 radical (unpaired) electrons. The molecule has 7 nitrogen and oxygen atoms in total. The predicted octanol–water partition coefficient (Wildman–Crippen LogP) is 3.75. The number of halogens is 1. The number of esters is 1. The first-order valence-electron chi connectivity index (χ1n) is 9.59. The second-order valence-electron chi connectivity index (χ2n) is 6.63. The van der Waals surface area contributed by atoms with E-state index in [0.29, 0.717) is 22.8 Å². The molecule has 0 bridgehead atoms. The summed E-state index contributed by atoms with van der Waals surface area (Å²) in [5, 5.41) is 3.93. The van der Waals surface area contributed by atoms with Crippen LogP contribution in [-0.4, -0.2) is 32.3 Å². The van der Waals surface area contributed by atoms with Crippen LogP contribution in [-0.2, 0) is 11.2 Å². The molecule has 1 amide bonds. The Hall–Kier alpha value is -4.20. The van der Waals surface area contributed by atoms with Gasteiger partial charge < -0.3 is 14.2 Å². The Morgan fingerprint density at radius 2 is 1.72 bits per heavy atom. The number of hydrazone groups is 1. The largest absolute Gasteiger partial charge is 0.493 e. The van der Waals surface area contributed by atoms with Crippen LogP contribution in [0.25, 0.3) is 0 Å². The van der Waals surface area contributed by atoms with Gasteiger partial charge in [0, 0.05) is 0 Å². The third kappa shape index (κ3) is 6.15. The molecule has 0 saturated carbocycles. The normalized spacial score (nSPS) is 10.6. The maximum atomic E-state index is 13.2. The first kappa shape index (κ1) is 22.5. The number of ether oxygens (including phenoxy) is 3. The number of hydrogen-bond donors (Lipinski definition) is 1. The molecule has 0 unspecified atom stereocenters. The maximum Gasteiger partial charge on any atom is 0.343 e. The van der Waals surface area contributed by atoms with Crippen molar-refractivity contribution >= 4 is 18.1 Å². The molecule has 3 aromatic rings. The lowest BCUT2D eigenvalue weighted by molar-refractivity contribution is -0.120. The maximum absolute atomic E-state index is 13.2. The van der Waals surface area contributed by atoms with Crippen molar-refractivity contribution in [2.75, 3.05) is 14.2 Å². The summed E-state index contributed by atoms with van der Waals surface area (Å²) in [4.78, 5) is 24.2. The van der Waals surface area contributed by atoms with Crippen LogP contribution in [0.4, 0.5) is 4.39 Å². The summed E-state index contributed by atoms with van der Waals surface area (Å²) >= 11 is 0. The van der Waals surface area contributed by atoms with E-state index in [1.54, 1.807) is 49.6 Å². The van der Waals surface area contributed by atoms with Crippen LogP contribution >= 0.6 is 0 Å². The van der Waals surface area contributed by atoms with Gasteiger partial charge in [-0.3, -0.25) is 4.79 Å². The number of amides is 1. The number of carbonyl (C=O) groups is 2. The SMILES string of the molecule is COc1ccc(CC(=O)N/N=C/c2ccc(OC(=O)c3cccc(F)c3)cc2)cc1OC. The Labute approximate surface area is 184 Å². The van der Waals surface area contributed by atoms with E-state index in [1.165, 1.54) is 31.5 Å². The zero-order valence-corrected chi connectivity index (χ0v) is 17.5. The first-order valence-corrected chi connectivity index (χ1v) is 9.59. The summed E-state index contributed by atoms with van der Waals surface area (Å²) in [6, 6.07) is 17.0. The van der Waals surface area contributed by atoms with Gasteiger partial charge in [0.2, 0.25) is 5.91 Å². The molecule has 0 aliphatic heterocycles. The lowest BCUT2D eigenvalue weighted by Crippen LogP contribution is -2.19. The highest BCUT2D eigenvalue weighted by Crippen LogP contribution is 2.27. The van der Waals surface area contributed by atoms with Gasteiger partial charge in [0.05, 0.1) is 32.4 Å². The van der Waals surface area contributed by atoms with Crippen LogP contribution < -0.4 is 19.6 Å². The zero-order chi connectivity index (χ0) is 22.9. The van der Waals surface area contributed by atoms with Crippen molar-refractivity contribution in [2.24, 2.45) is 5.10 Å². The summed E-state index contributed by atoms with van der Waals surface area (Å²) < 4.78 is 28.8. The molecular weight excluding hydrogens is 415 g/mol. The van der Waals surface area contributed by atoms with E-state index in [2.05, 4.69) is 10.5 Å². The lowest BCUT2D eigenvalue weighted by Gasteiger charge is -2.09. The van der Waals surface area contributed by atoms with Gasteiger partial charge in [-0.15, -0.1) is 0 Å². The molecule has 3 aromatic carbocycles. The predicted molar refractivity (Wildman–Crippen MR) is 117 cm³/mol. The minimum Gasteiger partial charge on any atom is -0.493 e. The van der Waals surface area contributed by atoms with Crippen LogP contribution in [0.15, 0.2) is 71.8 Å². The van der Waals surface area contributed by atoms with Gasteiger partial charge in [-0.05, 0) is 65.7 Å². The molecule has 0 atom stereocenters. The quantitative estimate of drug-likeness (QED) is 0.252. The number of benzene rings is 3. The third-order valence-electron chi connectivity index (χ3n) is 4.37. The van der Waals surface area contributed by atoms with E-state index < -0.39 is 11.8 Å². The van der Waals surface area contributed by atoms with Gasteiger partial charge >= 0.3 is 5.97 Å². The fourth-order valence-corrected chi connectivity index (χ4v) is 2.80. The summed E-state index contributed by atoms with van der Waals surface area (Å²) in [6.07, 6.45) is 1.58. The highest BCUT2D eigenvalue weighted by molar-refractivity contribution is 5.91. The molecule has 0 aliphatic carbocycles. The van der Waals surface area contributed by atoms with Crippen molar-refractivity contribution in [2.45, 2.75) is 6.42 Å². The Morgan fingerprint density at radius 1 is 0.969 bits per heavy atom. The third-order valence-corrected chi connectivity index (χ3v) is 4.37. The van der Waals surface area contributed by atoms with Gasteiger partial charge in [-0.1, -0.05) is 12.1 Å². The van der Waals surface area contributed by atoms with Gasteiger partial charge in [-0.2, -0.15) is 5.10 Å². The van der Waals surface area contributed by atoms with E-state index in [0.717, 1.165) is 11.6 Å². The summed E-state index contributed by atoms with van der Waals surface area (Å²) in [7, 11) is 3.07. The van der Waals surface area contributed by atoms with Crippen molar-refractivity contribution in [3.63, 3.8) is 0 Å². The van der Waals surface area contributed by atoms with Crippen molar-refractivity contribution in [3.05, 3.63) is 89.2 Å². The van der Waals surface area contributed by atoms with E-state index in [9.17, 15) is 14.0 Å². The monoisotopic (exact) mass is 436 g/mol. The lowest BCUT2D eigenvalue weighted by atomic mass is 10.1. The summed E-state index contributed by atoms with van der Waals surface area (Å²) in [6.45, 7) is 0. The number of nitrogens with zero attached hydrogens (tertiary/aromatic N) is 1. The fraction of sp³-hybridized carbons (Fsp3) is 0.125. The zero-order valence-electron chi connectivity index (χ0n) is 17.5. The molecule has 32 heavy (non-hydrogen) atoms. The van der Waals surface area contributed by atoms with Crippen LogP contribution in [0.2, 0.25) is 0 Å². The first-order chi connectivity index (χ1) is 15.5. The second-order valence-corrected chi connectivity index (χ2v) is 6.63. The molecule has 0 aromatic heterocycles. The molecule has 3 rings (SSSR count). The number of hydrogen-bond acceptors (Lipinski definition) is 6. The highest BCUT2D eigenvalue weighted by Gasteiger charge is 2.10. The standard InChI is InChI=1S/C24H21FN2O5/c1-30-21-11-8-17(12-22(21)31-2)13-23(28)27-26-15-16-6-9-20(10-7-16)32-24(29)18-4-3-5-19(25)14-18/h3-12,14-15H,13H2,1-2H3,(H,27,28)/b26-15+. The summed E-state index contributed by atoms with van der Waals surface area (Å²) in [5.74, 6) is -0.0465. The van der Waals surface area contributed by atoms with E-state index in [4.69, 9.17) is 14.2 Å². The smallest absolute Gasteiger partial charge is 0.343 e. The van der Waals surface area contributed by atoms with Crippen LogP contribution in [0.5, 0.6) is 17.2 Å². The highest BCUT2D eigenvalue weighted by atomic mass is 19.1. The Kier molecular flexibility index (Phi) is 7.53. The molecule has 164 valence electrons. The summed E-state index contributed by atoms with van der Waals surface area (Å²) in [5.41, 5.74) is 4.01. The van der Waals surface area contributed by atoms with E-state index in [1.807, 2.05) is 0 Å². The number of rotatable bonds is 8. The fourth-order valence-electron chi connectivity index (χ4n) is 2.80. The Balaban J connectivity index is 1.52.